The average Bonchev–Trinajstić information content (AvgIpc) is 2.53. The van der Waals surface area contributed by atoms with Crippen LogP contribution in [0.25, 0.3) is 22.2 Å². The van der Waals surface area contributed by atoms with Crippen molar-refractivity contribution in [2.45, 2.75) is 0 Å². The largest absolute Gasteiger partial charge is 0.491 e. The van der Waals surface area contributed by atoms with E-state index in [0.29, 0.717) is 11.6 Å². The molecule has 5 nitrogen and oxygen atoms in total. The molecule has 2 aromatic heterocycles. The molecule has 0 aliphatic carbocycles. The van der Waals surface area contributed by atoms with Crippen LogP contribution < -0.4 is 10.1 Å². The lowest BCUT2D eigenvalue weighted by molar-refractivity contribution is 0.415. The molecule has 0 radical (unpaired) electrons. The van der Waals surface area contributed by atoms with Gasteiger partial charge in [0.1, 0.15) is 12.0 Å². The lowest BCUT2D eigenvalue weighted by atomic mass is 10.1. The molecule has 2 heterocycles. The smallest absolute Gasteiger partial charge is 0.187 e. The molecule has 100 valence electrons. The van der Waals surface area contributed by atoms with Crippen LogP contribution in [0.1, 0.15) is 0 Å². The second kappa shape index (κ2) is 5.13. The Balaban J connectivity index is 2.20. The van der Waals surface area contributed by atoms with Crippen molar-refractivity contribution in [2.24, 2.45) is 0 Å². The van der Waals surface area contributed by atoms with E-state index in [1.165, 1.54) is 6.33 Å². The van der Waals surface area contributed by atoms with Crippen molar-refractivity contribution in [3.8, 4) is 17.0 Å². The number of pyridine rings is 1. The molecule has 3 rings (SSSR count). The first kappa shape index (κ1) is 12.3. The predicted octanol–water partition coefficient (Wildman–Crippen LogP) is 2.74. The quantitative estimate of drug-likeness (QED) is 0.789. The van der Waals surface area contributed by atoms with Crippen LogP contribution in [0.2, 0.25) is 0 Å². The molecule has 0 aliphatic rings. The van der Waals surface area contributed by atoms with Crippen molar-refractivity contribution in [1.82, 2.24) is 15.0 Å². The van der Waals surface area contributed by atoms with Gasteiger partial charge in [-0.15, -0.1) is 0 Å². The highest BCUT2D eigenvalue weighted by molar-refractivity contribution is 5.85. The Labute approximate surface area is 116 Å². The van der Waals surface area contributed by atoms with E-state index < -0.39 is 0 Å². The zero-order valence-electron chi connectivity index (χ0n) is 11.3. The van der Waals surface area contributed by atoms with Crippen LogP contribution in [0.5, 0.6) is 5.75 Å². The maximum absolute atomic E-state index is 5.43. The van der Waals surface area contributed by atoms with Crippen molar-refractivity contribution in [3.63, 3.8) is 0 Å². The maximum atomic E-state index is 5.43. The Bertz CT molecular complexity index is 758. The third-order valence-corrected chi connectivity index (χ3v) is 3.12. The van der Waals surface area contributed by atoms with Gasteiger partial charge >= 0.3 is 0 Å². The minimum Gasteiger partial charge on any atom is -0.491 e. The van der Waals surface area contributed by atoms with Gasteiger partial charge in [0.15, 0.2) is 11.6 Å². The molecule has 1 aromatic carbocycles. The van der Waals surface area contributed by atoms with Crippen LogP contribution in [0.15, 0.2) is 42.9 Å². The maximum Gasteiger partial charge on any atom is 0.187 e. The monoisotopic (exact) mass is 266 g/mol. The highest BCUT2D eigenvalue weighted by Gasteiger charge is 2.13. The fraction of sp³-hybridized carbons (Fsp3) is 0.133. The lowest BCUT2D eigenvalue weighted by Crippen LogP contribution is -2.00. The fourth-order valence-corrected chi connectivity index (χ4v) is 2.17. The van der Waals surface area contributed by atoms with E-state index in [0.717, 1.165) is 22.2 Å². The second-order valence-corrected chi connectivity index (χ2v) is 4.27. The zero-order chi connectivity index (χ0) is 13.9. The van der Waals surface area contributed by atoms with Gasteiger partial charge < -0.3 is 10.1 Å². The number of benzene rings is 1. The van der Waals surface area contributed by atoms with Crippen molar-refractivity contribution in [2.75, 3.05) is 19.5 Å². The lowest BCUT2D eigenvalue weighted by Gasteiger charge is -2.11. The van der Waals surface area contributed by atoms with Crippen molar-refractivity contribution < 1.29 is 4.74 Å². The summed E-state index contributed by atoms with van der Waals surface area (Å²) in [5, 5.41) is 4.07. The Kier molecular flexibility index (Phi) is 3.16. The number of hydrogen-bond acceptors (Lipinski definition) is 5. The third kappa shape index (κ3) is 2.03. The molecule has 0 fully saturated rings. The molecule has 0 unspecified atom stereocenters. The van der Waals surface area contributed by atoms with Crippen LogP contribution >= 0.6 is 0 Å². The zero-order valence-corrected chi connectivity index (χ0v) is 11.3. The molecule has 5 heteroatoms. The number of rotatable bonds is 3. The molecule has 0 saturated heterocycles. The molecular weight excluding hydrogens is 252 g/mol. The van der Waals surface area contributed by atoms with Crippen molar-refractivity contribution in [1.29, 1.82) is 0 Å². The summed E-state index contributed by atoms with van der Waals surface area (Å²) in [4.78, 5) is 12.8. The Hall–Kier alpha value is -2.69. The van der Waals surface area contributed by atoms with E-state index in [2.05, 4.69) is 20.3 Å². The SMILES string of the molecule is CNc1ncnc(-c2ccc3ncccc3c2)c1OC. The third-order valence-electron chi connectivity index (χ3n) is 3.12. The highest BCUT2D eigenvalue weighted by atomic mass is 16.5. The number of methoxy groups -OCH3 is 1. The first-order valence-electron chi connectivity index (χ1n) is 6.25. The van der Waals surface area contributed by atoms with Gasteiger partial charge in [0, 0.05) is 24.2 Å². The van der Waals surface area contributed by atoms with Gasteiger partial charge in [-0.05, 0) is 18.2 Å². The highest BCUT2D eigenvalue weighted by Crippen LogP contribution is 2.33. The van der Waals surface area contributed by atoms with E-state index in [1.807, 2.05) is 30.3 Å². The average molecular weight is 266 g/mol. The molecule has 3 aromatic rings. The van der Waals surface area contributed by atoms with Gasteiger partial charge in [-0.3, -0.25) is 4.98 Å². The number of nitrogens with one attached hydrogen (secondary N) is 1. The van der Waals surface area contributed by atoms with Crippen molar-refractivity contribution >= 4 is 16.7 Å². The standard InChI is InChI=1S/C15H14N4O/c1-16-15-14(20-2)13(18-9-19-15)11-5-6-12-10(8-11)4-3-7-17-12/h3-9H,1-2H3,(H,16,18,19). The topological polar surface area (TPSA) is 59.9 Å². The van der Waals surface area contributed by atoms with Crippen LogP contribution in [0.4, 0.5) is 5.82 Å². The van der Waals surface area contributed by atoms with Crippen LogP contribution in [0, 0.1) is 0 Å². The molecule has 20 heavy (non-hydrogen) atoms. The molecule has 0 aliphatic heterocycles. The first-order chi connectivity index (χ1) is 9.83. The number of hydrogen-bond donors (Lipinski definition) is 1. The summed E-state index contributed by atoms with van der Waals surface area (Å²) in [6, 6.07) is 9.96. The van der Waals surface area contributed by atoms with Gasteiger partial charge in [-0.25, -0.2) is 9.97 Å². The number of aromatic nitrogens is 3. The van der Waals surface area contributed by atoms with Crippen LogP contribution in [-0.4, -0.2) is 29.1 Å². The van der Waals surface area contributed by atoms with Crippen LogP contribution in [0.3, 0.4) is 0 Å². The minimum atomic E-state index is 0.637. The summed E-state index contributed by atoms with van der Waals surface area (Å²) in [5.74, 6) is 1.31. The van der Waals surface area contributed by atoms with Crippen molar-refractivity contribution in [3.05, 3.63) is 42.9 Å². The molecule has 0 saturated carbocycles. The summed E-state index contributed by atoms with van der Waals surface area (Å²) >= 11 is 0. The second-order valence-electron chi connectivity index (χ2n) is 4.27. The van der Waals surface area contributed by atoms with E-state index in [9.17, 15) is 0 Å². The van der Waals surface area contributed by atoms with E-state index in [-0.39, 0.29) is 0 Å². The normalized spacial score (nSPS) is 10.5. The fourth-order valence-electron chi connectivity index (χ4n) is 2.17. The summed E-state index contributed by atoms with van der Waals surface area (Å²) in [5.41, 5.74) is 2.69. The Morgan fingerprint density at radius 2 is 2.00 bits per heavy atom. The number of nitrogens with zero attached hydrogens (tertiary/aromatic N) is 3. The summed E-state index contributed by atoms with van der Waals surface area (Å²) < 4.78 is 5.43. The number of anilines is 1. The molecule has 0 amide bonds. The number of fused-ring (bicyclic) bond motifs is 1. The Morgan fingerprint density at radius 1 is 1.10 bits per heavy atom. The molecule has 1 N–H and O–H groups in total. The molecule has 0 bridgehead atoms. The first-order valence-corrected chi connectivity index (χ1v) is 6.25. The molecular formula is C15H14N4O. The van der Waals surface area contributed by atoms with Gasteiger partial charge in [0.25, 0.3) is 0 Å². The van der Waals surface area contributed by atoms with Crippen LogP contribution in [-0.2, 0) is 0 Å². The summed E-state index contributed by atoms with van der Waals surface area (Å²) in [7, 11) is 3.42. The van der Waals surface area contributed by atoms with Gasteiger partial charge in [0.2, 0.25) is 0 Å². The van der Waals surface area contributed by atoms with E-state index in [4.69, 9.17) is 4.74 Å². The summed E-state index contributed by atoms with van der Waals surface area (Å²) in [6.07, 6.45) is 3.31. The van der Waals surface area contributed by atoms with Gasteiger partial charge in [0.05, 0.1) is 12.6 Å². The summed E-state index contributed by atoms with van der Waals surface area (Å²) in [6.45, 7) is 0. The molecule has 0 spiro atoms. The van der Waals surface area contributed by atoms with Gasteiger partial charge in [-0.2, -0.15) is 0 Å². The number of ether oxygens (including phenoxy) is 1. The van der Waals surface area contributed by atoms with E-state index in [1.54, 1.807) is 20.4 Å². The van der Waals surface area contributed by atoms with E-state index >= 15 is 0 Å². The Morgan fingerprint density at radius 3 is 2.80 bits per heavy atom. The predicted molar refractivity (Wildman–Crippen MR) is 78.9 cm³/mol. The minimum absolute atomic E-state index is 0.637. The van der Waals surface area contributed by atoms with Gasteiger partial charge in [-0.1, -0.05) is 12.1 Å². The molecule has 0 atom stereocenters.